The van der Waals surface area contributed by atoms with Crippen LogP contribution in [-0.4, -0.2) is 4.98 Å². The smallest absolute Gasteiger partial charge is 0.101 e. The number of benzene rings is 2. The highest BCUT2D eigenvalue weighted by Gasteiger charge is 2.19. The molecule has 0 spiro atoms. The van der Waals surface area contributed by atoms with Crippen LogP contribution in [0.1, 0.15) is 5.56 Å². The standard InChI is InChI=1S/C18H6Cl6N2/c19-13-3-1-8(15(21)17(13)23)11-6-26-7-12(10(11)5-25)9-2-4-14(20)18(24)16(9)22/h1-4,6-7H. The van der Waals surface area contributed by atoms with Crippen molar-refractivity contribution in [3.8, 4) is 28.3 Å². The summed E-state index contributed by atoms with van der Waals surface area (Å²) in [6.45, 7) is 0. The highest BCUT2D eigenvalue weighted by atomic mass is 35.5. The molecular formula is C18H6Cl6N2. The number of nitriles is 1. The third kappa shape index (κ3) is 3.37. The van der Waals surface area contributed by atoms with Gasteiger partial charge in [0.1, 0.15) is 6.07 Å². The summed E-state index contributed by atoms with van der Waals surface area (Å²) < 4.78 is 0. The van der Waals surface area contributed by atoms with Gasteiger partial charge in [-0.3, -0.25) is 4.98 Å². The van der Waals surface area contributed by atoms with Crippen molar-refractivity contribution in [3.05, 3.63) is 72.4 Å². The van der Waals surface area contributed by atoms with Gasteiger partial charge in [0.25, 0.3) is 0 Å². The minimum atomic E-state index is 0.202. The lowest BCUT2D eigenvalue weighted by atomic mass is 9.95. The number of hydrogen-bond acceptors (Lipinski definition) is 2. The second kappa shape index (κ2) is 7.82. The first-order valence-electron chi connectivity index (χ1n) is 7.02. The molecule has 0 saturated carbocycles. The number of rotatable bonds is 2. The molecule has 0 bridgehead atoms. The van der Waals surface area contributed by atoms with Crippen molar-refractivity contribution < 1.29 is 0 Å². The van der Waals surface area contributed by atoms with E-state index in [0.717, 1.165) is 0 Å². The first-order chi connectivity index (χ1) is 12.4. The summed E-state index contributed by atoms with van der Waals surface area (Å²) in [7, 11) is 0. The van der Waals surface area contributed by atoms with E-state index in [0.29, 0.717) is 37.9 Å². The molecular weight excluding hydrogens is 457 g/mol. The van der Waals surface area contributed by atoms with Gasteiger partial charge in [-0.05, 0) is 12.1 Å². The Morgan fingerprint density at radius 2 is 1.04 bits per heavy atom. The molecule has 2 nitrogen and oxygen atoms in total. The van der Waals surface area contributed by atoms with Gasteiger partial charge >= 0.3 is 0 Å². The largest absolute Gasteiger partial charge is 0.263 e. The molecule has 8 heteroatoms. The van der Waals surface area contributed by atoms with Crippen LogP contribution in [0.25, 0.3) is 22.3 Å². The lowest BCUT2D eigenvalue weighted by Crippen LogP contribution is -1.94. The van der Waals surface area contributed by atoms with Crippen molar-refractivity contribution in [2.24, 2.45) is 0 Å². The summed E-state index contributed by atoms with van der Waals surface area (Å²) >= 11 is 36.9. The number of nitrogens with zero attached hydrogens (tertiary/aromatic N) is 2. The van der Waals surface area contributed by atoms with E-state index in [9.17, 15) is 5.26 Å². The van der Waals surface area contributed by atoms with Gasteiger partial charge < -0.3 is 0 Å². The Labute approximate surface area is 179 Å². The zero-order chi connectivity index (χ0) is 19.0. The van der Waals surface area contributed by atoms with E-state index >= 15 is 0 Å². The summed E-state index contributed by atoms with van der Waals surface area (Å²) in [6, 6.07) is 8.73. The molecule has 0 fully saturated rings. The highest BCUT2D eigenvalue weighted by molar-refractivity contribution is 6.50. The van der Waals surface area contributed by atoms with E-state index in [2.05, 4.69) is 11.1 Å². The molecule has 0 aliphatic heterocycles. The van der Waals surface area contributed by atoms with Crippen molar-refractivity contribution in [2.45, 2.75) is 0 Å². The van der Waals surface area contributed by atoms with Crippen LogP contribution in [0.2, 0.25) is 30.1 Å². The molecule has 0 N–H and O–H groups in total. The molecule has 130 valence electrons. The molecule has 0 saturated heterocycles. The van der Waals surface area contributed by atoms with Crippen LogP contribution in [0.3, 0.4) is 0 Å². The fourth-order valence-electron chi connectivity index (χ4n) is 2.46. The molecule has 0 radical (unpaired) electrons. The molecule has 0 amide bonds. The Morgan fingerprint density at radius 1 is 0.615 bits per heavy atom. The first-order valence-corrected chi connectivity index (χ1v) is 9.29. The second-order valence-electron chi connectivity index (χ2n) is 5.17. The molecule has 2 aromatic carbocycles. The Hall–Kier alpha value is -1.18. The molecule has 1 aromatic heterocycles. The topological polar surface area (TPSA) is 36.7 Å². The quantitative estimate of drug-likeness (QED) is 0.360. The van der Waals surface area contributed by atoms with Crippen LogP contribution in [0.4, 0.5) is 0 Å². The fourth-order valence-corrected chi connectivity index (χ4v) is 3.73. The van der Waals surface area contributed by atoms with Gasteiger partial charge in [0.05, 0.1) is 35.7 Å². The molecule has 0 aliphatic carbocycles. The third-order valence-corrected chi connectivity index (χ3v) is 6.30. The summed E-state index contributed by atoms with van der Waals surface area (Å²) in [6.07, 6.45) is 3.05. The minimum absolute atomic E-state index is 0.202. The summed E-state index contributed by atoms with van der Waals surface area (Å²) in [5, 5.41) is 11.3. The van der Waals surface area contributed by atoms with E-state index in [1.54, 1.807) is 24.3 Å². The molecule has 3 aromatic rings. The van der Waals surface area contributed by atoms with Gasteiger partial charge in [-0.2, -0.15) is 5.26 Å². The molecule has 3 rings (SSSR count). The predicted octanol–water partition coefficient (Wildman–Crippen LogP) is 8.21. The lowest BCUT2D eigenvalue weighted by Gasteiger charge is -2.13. The summed E-state index contributed by atoms with van der Waals surface area (Å²) in [5.41, 5.74) is 2.37. The van der Waals surface area contributed by atoms with Crippen molar-refractivity contribution in [3.63, 3.8) is 0 Å². The van der Waals surface area contributed by atoms with Crippen molar-refractivity contribution in [1.82, 2.24) is 4.98 Å². The molecule has 0 unspecified atom stereocenters. The van der Waals surface area contributed by atoms with Crippen LogP contribution < -0.4 is 0 Å². The third-order valence-electron chi connectivity index (χ3n) is 3.71. The van der Waals surface area contributed by atoms with E-state index in [-0.39, 0.29) is 20.1 Å². The normalized spacial score (nSPS) is 10.7. The van der Waals surface area contributed by atoms with Crippen LogP contribution >= 0.6 is 69.6 Å². The van der Waals surface area contributed by atoms with Crippen LogP contribution in [0.5, 0.6) is 0 Å². The zero-order valence-electron chi connectivity index (χ0n) is 12.6. The molecule has 0 atom stereocenters. The summed E-state index contributed by atoms with van der Waals surface area (Å²) in [4.78, 5) is 4.21. The van der Waals surface area contributed by atoms with Crippen molar-refractivity contribution in [1.29, 1.82) is 5.26 Å². The van der Waals surface area contributed by atoms with Crippen LogP contribution in [0, 0.1) is 11.3 Å². The number of hydrogen-bond donors (Lipinski definition) is 0. The molecule has 0 aliphatic rings. The molecule has 26 heavy (non-hydrogen) atoms. The van der Waals surface area contributed by atoms with Gasteiger partial charge in [-0.25, -0.2) is 0 Å². The Morgan fingerprint density at radius 3 is 1.42 bits per heavy atom. The van der Waals surface area contributed by atoms with Gasteiger partial charge in [0.15, 0.2) is 0 Å². The SMILES string of the molecule is N#Cc1c(-c2ccc(Cl)c(Cl)c2Cl)cncc1-c1ccc(Cl)c(Cl)c1Cl. The predicted molar refractivity (Wildman–Crippen MR) is 110 cm³/mol. The minimum Gasteiger partial charge on any atom is -0.263 e. The maximum Gasteiger partial charge on any atom is 0.101 e. The second-order valence-corrected chi connectivity index (χ2v) is 7.49. The maximum atomic E-state index is 9.77. The Balaban J connectivity index is 2.31. The van der Waals surface area contributed by atoms with Gasteiger partial charge in [0, 0.05) is 34.6 Å². The average molecular weight is 463 g/mol. The lowest BCUT2D eigenvalue weighted by molar-refractivity contribution is 1.31. The van der Waals surface area contributed by atoms with Gasteiger partial charge in [-0.15, -0.1) is 0 Å². The van der Waals surface area contributed by atoms with E-state index in [1.807, 2.05) is 0 Å². The number of aromatic nitrogens is 1. The van der Waals surface area contributed by atoms with Crippen LogP contribution in [0.15, 0.2) is 36.7 Å². The maximum absolute atomic E-state index is 9.77. The first kappa shape index (κ1) is 19.6. The highest BCUT2D eigenvalue weighted by Crippen LogP contribution is 2.43. The Bertz CT molecular complexity index is 997. The summed E-state index contributed by atoms with van der Waals surface area (Å²) in [5.74, 6) is 0. The zero-order valence-corrected chi connectivity index (χ0v) is 17.2. The Kier molecular flexibility index (Phi) is 5.89. The molecule has 1 heterocycles. The van der Waals surface area contributed by atoms with Gasteiger partial charge in [0.2, 0.25) is 0 Å². The van der Waals surface area contributed by atoms with E-state index in [1.165, 1.54) is 12.4 Å². The monoisotopic (exact) mass is 460 g/mol. The number of halogens is 6. The van der Waals surface area contributed by atoms with Crippen molar-refractivity contribution >= 4 is 69.6 Å². The van der Waals surface area contributed by atoms with Gasteiger partial charge in [-0.1, -0.05) is 81.7 Å². The fraction of sp³-hybridized carbons (Fsp3) is 0. The van der Waals surface area contributed by atoms with E-state index < -0.39 is 0 Å². The van der Waals surface area contributed by atoms with E-state index in [4.69, 9.17) is 69.6 Å². The average Bonchev–Trinajstić information content (AvgIpc) is 2.64. The number of pyridine rings is 1. The van der Waals surface area contributed by atoms with Crippen molar-refractivity contribution in [2.75, 3.05) is 0 Å². The van der Waals surface area contributed by atoms with Crippen LogP contribution in [-0.2, 0) is 0 Å².